The normalized spacial score (nSPS) is 16.5. The Bertz CT molecular complexity index is 933. The summed E-state index contributed by atoms with van der Waals surface area (Å²) in [6.45, 7) is -0.957. The molecule has 0 amide bonds. The Labute approximate surface area is 156 Å². The van der Waals surface area contributed by atoms with E-state index in [-0.39, 0.29) is 0 Å². The Balaban J connectivity index is 2.11. The molecule has 2 unspecified atom stereocenters. The van der Waals surface area contributed by atoms with Crippen LogP contribution in [0.25, 0.3) is 0 Å². The summed E-state index contributed by atoms with van der Waals surface area (Å²) in [4.78, 5) is 7.20. The number of benzene rings is 1. The van der Waals surface area contributed by atoms with Crippen LogP contribution in [0.2, 0.25) is 0 Å². The Morgan fingerprint density at radius 1 is 0.964 bits per heavy atom. The Morgan fingerprint density at radius 2 is 1.54 bits per heavy atom. The molecule has 28 heavy (non-hydrogen) atoms. The van der Waals surface area contributed by atoms with Crippen LogP contribution in [0.4, 0.5) is 17.6 Å². The van der Waals surface area contributed by atoms with Crippen molar-refractivity contribution in [3.8, 4) is 0 Å². The zero-order valence-electron chi connectivity index (χ0n) is 14.5. The maximum Gasteiger partial charge on any atom is 0.311 e. The molecule has 0 aliphatic carbocycles. The summed E-state index contributed by atoms with van der Waals surface area (Å²) in [5.74, 6) is -6.77. The minimum atomic E-state index is -4.35. The lowest BCUT2D eigenvalue weighted by Crippen LogP contribution is -2.62. The summed E-state index contributed by atoms with van der Waals surface area (Å²) in [6.07, 6.45) is 4.25. The minimum absolute atomic E-state index is 0.365. The van der Waals surface area contributed by atoms with Crippen LogP contribution in [0.15, 0.2) is 43.5 Å². The second-order valence-corrected chi connectivity index (χ2v) is 6.52. The van der Waals surface area contributed by atoms with Gasteiger partial charge in [-0.15, -0.1) is 0 Å². The number of nitrogens with zero attached hydrogens (tertiary/aromatic N) is 6. The molecule has 0 fully saturated rings. The average Bonchev–Trinajstić information content (AvgIpc) is 3.28. The third-order valence-corrected chi connectivity index (χ3v) is 4.37. The van der Waals surface area contributed by atoms with Crippen molar-refractivity contribution in [2.24, 2.45) is 0 Å². The van der Waals surface area contributed by atoms with Gasteiger partial charge in [0.05, 0.1) is 13.1 Å². The van der Waals surface area contributed by atoms with Crippen LogP contribution in [0.3, 0.4) is 0 Å². The highest BCUT2D eigenvalue weighted by Crippen LogP contribution is 2.47. The van der Waals surface area contributed by atoms with Crippen LogP contribution < -0.4 is 0 Å². The molecule has 3 aromatic rings. The highest BCUT2D eigenvalue weighted by Gasteiger charge is 2.65. The fourth-order valence-corrected chi connectivity index (χ4v) is 2.90. The summed E-state index contributed by atoms with van der Waals surface area (Å²) in [5, 5.41) is 28.9. The number of halogens is 4. The van der Waals surface area contributed by atoms with Crippen molar-refractivity contribution < 1.29 is 27.8 Å². The van der Waals surface area contributed by atoms with E-state index in [1.807, 2.05) is 0 Å². The van der Waals surface area contributed by atoms with Crippen LogP contribution in [0.5, 0.6) is 0 Å². The first-order chi connectivity index (χ1) is 13.1. The monoisotopic (exact) mass is 400 g/mol. The molecule has 12 heteroatoms. The van der Waals surface area contributed by atoms with Gasteiger partial charge in [0, 0.05) is 11.6 Å². The van der Waals surface area contributed by atoms with Crippen molar-refractivity contribution in [1.29, 1.82) is 0 Å². The molecule has 0 aliphatic rings. The lowest BCUT2D eigenvalue weighted by atomic mass is 9.78. The van der Waals surface area contributed by atoms with Crippen molar-refractivity contribution in [3.63, 3.8) is 0 Å². The molecular weight excluding hydrogens is 384 g/mol. The number of aliphatic hydroxyl groups is 2. The van der Waals surface area contributed by atoms with Crippen LogP contribution in [-0.2, 0) is 18.7 Å². The summed E-state index contributed by atoms with van der Waals surface area (Å²) >= 11 is 0. The van der Waals surface area contributed by atoms with Gasteiger partial charge in [0.25, 0.3) is 0 Å². The number of alkyl halides is 2. The van der Waals surface area contributed by atoms with E-state index in [4.69, 9.17) is 0 Å². The first kappa shape index (κ1) is 19.9. The van der Waals surface area contributed by atoms with Crippen molar-refractivity contribution in [1.82, 2.24) is 29.5 Å². The highest BCUT2D eigenvalue weighted by atomic mass is 19.3. The first-order valence-electron chi connectivity index (χ1n) is 8.00. The second kappa shape index (κ2) is 6.95. The zero-order chi connectivity index (χ0) is 20.6. The molecule has 0 saturated carbocycles. The third-order valence-electron chi connectivity index (χ3n) is 4.37. The summed E-state index contributed by atoms with van der Waals surface area (Å²) < 4.78 is 60.5. The van der Waals surface area contributed by atoms with Gasteiger partial charge in [-0.3, -0.25) is 0 Å². The van der Waals surface area contributed by atoms with Gasteiger partial charge in [0.15, 0.2) is 5.60 Å². The van der Waals surface area contributed by atoms with E-state index in [0.717, 1.165) is 47.7 Å². The average molecular weight is 400 g/mol. The summed E-state index contributed by atoms with van der Waals surface area (Å²) in [5.41, 5.74) is -7.12. The molecule has 2 atom stereocenters. The number of hydrogen-bond donors (Lipinski definition) is 2. The van der Waals surface area contributed by atoms with Crippen molar-refractivity contribution in [2.75, 3.05) is 0 Å². The predicted molar refractivity (Wildman–Crippen MR) is 85.9 cm³/mol. The standard InChI is InChI=1S/C16H16F4N6O2/c1-14(27,5-25-9-21-7-23-25)16(19,20)15(28,6-26-10-22-8-24-26)12-3-2-11(17)4-13(12)18/h2-4,7-10,27-28H,5-6H2,1H3. The van der Waals surface area contributed by atoms with E-state index in [2.05, 4.69) is 20.2 Å². The van der Waals surface area contributed by atoms with Gasteiger partial charge in [-0.05, 0) is 19.1 Å². The van der Waals surface area contributed by atoms with E-state index in [9.17, 15) is 19.0 Å². The highest BCUT2D eigenvalue weighted by molar-refractivity contribution is 5.29. The Hall–Kier alpha value is -2.86. The van der Waals surface area contributed by atoms with E-state index in [1.165, 1.54) is 0 Å². The number of aromatic nitrogens is 6. The zero-order valence-corrected chi connectivity index (χ0v) is 14.5. The van der Waals surface area contributed by atoms with E-state index >= 15 is 8.78 Å². The maximum absolute atomic E-state index is 15.5. The minimum Gasteiger partial charge on any atom is -0.382 e. The van der Waals surface area contributed by atoms with Crippen LogP contribution in [0, 0.1) is 11.6 Å². The van der Waals surface area contributed by atoms with Crippen LogP contribution >= 0.6 is 0 Å². The lowest BCUT2D eigenvalue weighted by Gasteiger charge is -2.43. The molecule has 3 rings (SSSR count). The Morgan fingerprint density at radius 3 is 2.04 bits per heavy atom. The molecule has 8 nitrogen and oxygen atoms in total. The molecule has 150 valence electrons. The topological polar surface area (TPSA) is 102 Å². The lowest BCUT2D eigenvalue weighted by molar-refractivity contribution is -0.284. The largest absolute Gasteiger partial charge is 0.382 e. The molecular formula is C16H16F4N6O2. The summed E-state index contributed by atoms with van der Waals surface area (Å²) in [6, 6.07) is 1.79. The second-order valence-electron chi connectivity index (χ2n) is 6.52. The molecule has 0 aliphatic heterocycles. The van der Waals surface area contributed by atoms with E-state index < -0.39 is 47.4 Å². The molecule has 2 aromatic heterocycles. The molecule has 0 spiro atoms. The van der Waals surface area contributed by atoms with Gasteiger partial charge in [-0.25, -0.2) is 28.1 Å². The van der Waals surface area contributed by atoms with Crippen LogP contribution in [-0.4, -0.2) is 51.3 Å². The van der Waals surface area contributed by atoms with Gasteiger partial charge >= 0.3 is 5.92 Å². The van der Waals surface area contributed by atoms with Gasteiger partial charge in [0.1, 0.15) is 42.5 Å². The SMILES string of the molecule is CC(O)(Cn1cncn1)C(F)(F)C(O)(Cn1cncn1)c1ccc(F)cc1F. The van der Waals surface area contributed by atoms with E-state index in [1.54, 1.807) is 0 Å². The summed E-state index contributed by atoms with van der Waals surface area (Å²) in [7, 11) is 0. The van der Waals surface area contributed by atoms with Crippen molar-refractivity contribution in [3.05, 3.63) is 60.7 Å². The molecule has 1 aromatic carbocycles. The van der Waals surface area contributed by atoms with Crippen molar-refractivity contribution in [2.45, 2.75) is 37.1 Å². The predicted octanol–water partition coefficient (Wildman–Crippen LogP) is 1.12. The van der Waals surface area contributed by atoms with Crippen molar-refractivity contribution >= 4 is 0 Å². The number of hydrogen-bond acceptors (Lipinski definition) is 6. The van der Waals surface area contributed by atoms with Gasteiger partial charge in [0.2, 0.25) is 0 Å². The van der Waals surface area contributed by atoms with Gasteiger partial charge < -0.3 is 10.2 Å². The molecule has 0 saturated heterocycles. The fourth-order valence-electron chi connectivity index (χ4n) is 2.90. The maximum atomic E-state index is 15.5. The van der Waals surface area contributed by atoms with Crippen LogP contribution in [0.1, 0.15) is 12.5 Å². The molecule has 2 N–H and O–H groups in total. The Kier molecular flexibility index (Phi) is 4.93. The van der Waals surface area contributed by atoms with Gasteiger partial charge in [-0.1, -0.05) is 0 Å². The molecule has 0 radical (unpaired) electrons. The quantitative estimate of drug-likeness (QED) is 0.577. The fraction of sp³-hybridized carbons (Fsp3) is 0.375. The first-order valence-corrected chi connectivity index (χ1v) is 8.00. The van der Waals surface area contributed by atoms with Gasteiger partial charge in [-0.2, -0.15) is 19.0 Å². The number of rotatable bonds is 7. The smallest absolute Gasteiger partial charge is 0.311 e. The molecule has 0 bridgehead atoms. The molecule has 2 heterocycles. The third kappa shape index (κ3) is 3.36. The van der Waals surface area contributed by atoms with E-state index in [0.29, 0.717) is 12.1 Å².